The van der Waals surface area contributed by atoms with Crippen molar-refractivity contribution < 1.29 is 14.6 Å². The lowest BCUT2D eigenvalue weighted by molar-refractivity contribution is -0.136. The number of hydrogen-bond acceptors (Lipinski definition) is 3. The molecule has 5 heteroatoms. The average Bonchev–Trinajstić information content (AvgIpc) is 2.60. The van der Waals surface area contributed by atoms with E-state index in [0.717, 1.165) is 37.3 Å². The van der Waals surface area contributed by atoms with Crippen molar-refractivity contribution in [2.24, 2.45) is 0 Å². The predicted molar refractivity (Wildman–Crippen MR) is 57.1 cm³/mol. The first-order valence-corrected chi connectivity index (χ1v) is 5.55. The van der Waals surface area contributed by atoms with Crippen molar-refractivity contribution in [3.05, 3.63) is 17.5 Å². The SMILES string of the molecule is Cc1cc(CC(=O)O)n(C2CCCCO2)n1. The van der Waals surface area contributed by atoms with Crippen LogP contribution < -0.4 is 0 Å². The minimum absolute atomic E-state index is 0.000694. The average molecular weight is 224 g/mol. The van der Waals surface area contributed by atoms with Crippen LogP contribution in [0.4, 0.5) is 0 Å². The summed E-state index contributed by atoms with van der Waals surface area (Å²) in [6, 6.07) is 1.81. The number of hydrogen-bond donors (Lipinski definition) is 1. The smallest absolute Gasteiger partial charge is 0.309 e. The van der Waals surface area contributed by atoms with E-state index in [4.69, 9.17) is 9.84 Å². The summed E-state index contributed by atoms with van der Waals surface area (Å²) in [5.74, 6) is -0.836. The molecule has 2 heterocycles. The van der Waals surface area contributed by atoms with E-state index in [1.807, 2.05) is 13.0 Å². The van der Waals surface area contributed by atoms with Gasteiger partial charge in [-0.1, -0.05) is 0 Å². The molecule has 0 radical (unpaired) electrons. The maximum absolute atomic E-state index is 10.7. The van der Waals surface area contributed by atoms with Gasteiger partial charge in [0.1, 0.15) is 6.23 Å². The fourth-order valence-corrected chi connectivity index (χ4v) is 2.02. The second kappa shape index (κ2) is 4.65. The largest absolute Gasteiger partial charge is 0.481 e. The molecule has 1 aromatic heterocycles. The molecule has 1 aliphatic rings. The van der Waals surface area contributed by atoms with Crippen molar-refractivity contribution in [3.63, 3.8) is 0 Å². The molecule has 0 bridgehead atoms. The number of carboxylic acids is 1. The Morgan fingerprint density at radius 1 is 1.69 bits per heavy atom. The van der Waals surface area contributed by atoms with Crippen LogP contribution in [0, 0.1) is 6.92 Å². The Labute approximate surface area is 94.0 Å². The number of nitrogens with zero attached hydrogens (tertiary/aromatic N) is 2. The summed E-state index contributed by atoms with van der Waals surface area (Å²) in [6.07, 6.45) is 3.01. The van der Waals surface area contributed by atoms with Crippen LogP contribution in [-0.2, 0) is 16.0 Å². The Kier molecular flexibility index (Phi) is 3.24. The fourth-order valence-electron chi connectivity index (χ4n) is 2.02. The summed E-state index contributed by atoms with van der Waals surface area (Å²) in [7, 11) is 0. The van der Waals surface area contributed by atoms with Crippen molar-refractivity contribution >= 4 is 5.97 Å². The van der Waals surface area contributed by atoms with Gasteiger partial charge in [0.25, 0.3) is 0 Å². The molecular weight excluding hydrogens is 208 g/mol. The fraction of sp³-hybridized carbons (Fsp3) is 0.636. The maximum Gasteiger partial charge on any atom is 0.309 e. The van der Waals surface area contributed by atoms with Crippen molar-refractivity contribution in [1.29, 1.82) is 0 Å². The standard InChI is InChI=1S/C11H16N2O3/c1-8-6-9(7-11(14)15)13(12-8)10-4-2-3-5-16-10/h6,10H,2-5,7H2,1H3,(H,14,15). The van der Waals surface area contributed by atoms with Crippen LogP contribution in [0.1, 0.15) is 36.9 Å². The molecule has 0 aromatic carbocycles. The summed E-state index contributed by atoms with van der Waals surface area (Å²) in [5, 5.41) is 13.1. The topological polar surface area (TPSA) is 64.3 Å². The number of ether oxygens (including phenoxy) is 1. The molecule has 2 rings (SSSR count). The Hall–Kier alpha value is -1.36. The molecule has 1 atom stereocenters. The van der Waals surface area contributed by atoms with Gasteiger partial charge in [0.15, 0.2) is 0 Å². The minimum Gasteiger partial charge on any atom is -0.481 e. The molecule has 1 unspecified atom stereocenters. The monoisotopic (exact) mass is 224 g/mol. The van der Waals surface area contributed by atoms with Crippen molar-refractivity contribution in [3.8, 4) is 0 Å². The minimum atomic E-state index is -0.836. The van der Waals surface area contributed by atoms with Crippen LogP contribution in [0.25, 0.3) is 0 Å². The number of aliphatic carboxylic acids is 1. The number of aromatic nitrogens is 2. The van der Waals surface area contributed by atoms with Crippen LogP contribution >= 0.6 is 0 Å². The van der Waals surface area contributed by atoms with E-state index in [0.29, 0.717) is 0 Å². The number of carboxylic acid groups (broad SMARTS) is 1. The van der Waals surface area contributed by atoms with Gasteiger partial charge in [-0.05, 0) is 32.3 Å². The first kappa shape index (κ1) is 11.1. The molecular formula is C11H16N2O3. The highest BCUT2D eigenvalue weighted by Gasteiger charge is 2.20. The lowest BCUT2D eigenvalue weighted by Crippen LogP contribution is -2.22. The molecule has 1 fully saturated rings. The third kappa shape index (κ3) is 2.41. The van der Waals surface area contributed by atoms with Crippen LogP contribution in [0.2, 0.25) is 0 Å². The number of aryl methyl sites for hydroxylation is 1. The molecule has 5 nitrogen and oxygen atoms in total. The second-order valence-electron chi connectivity index (χ2n) is 4.11. The highest BCUT2D eigenvalue weighted by Crippen LogP contribution is 2.24. The quantitative estimate of drug-likeness (QED) is 0.845. The van der Waals surface area contributed by atoms with E-state index in [1.54, 1.807) is 4.68 Å². The number of rotatable bonds is 3. The Bertz CT molecular complexity index is 381. The Morgan fingerprint density at radius 2 is 2.50 bits per heavy atom. The molecule has 1 aliphatic heterocycles. The van der Waals surface area contributed by atoms with Gasteiger partial charge in [0.2, 0.25) is 0 Å². The summed E-state index contributed by atoms with van der Waals surface area (Å²) >= 11 is 0. The predicted octanol–water partition coefficient (Wildman–Crippen LogP) is 1.52. The summed E-state index contributed by atoms with van der Waals surface area (Å²) < 4.78 is 7.33. The van der Waals surface area contributed by atoms with Crippen LogP contribution in [0.15, 0.2) is 6.07 Å². The van der Waals surface area contributed by atoms with Gasteiger partial charge in [-0.2, -0.15) is 5.10 Å². The molecule has 16 heavy (non-hydrogen) atoms. The molecule has 0 aliphatic carbocycles. The van der Waals surface area contributed by atoms with E-state index in [2.05, 4.69) is 5.10 Å². The van der Waals surface area contributed by atoms with Crippen LogP contribution in [0.3, 0.4) is 0 Å². The van der Waals surface area contributed by atoms with Crippen LogP contribution in [0.5, 0.6) is 0 Å². The first-order valence-electron chi connectivity index (χ1n) is 5.55. The zero-order valence-corrected chi connectivity index (χ0v) is 9.35. The Morgan fingerprint density at radius 3 is 3.12 bits per heavy atom. The third-order valence-electron chi connectivity index (χ3n) is 2.70. The van der Waals surface area contributed by atoms with Crippen molar-refractivity contribution in [2.75, 3.05) is 6.61 Å². The molecule has 1 N–H and O–H groups in total. The van der Waals surface area contributed by atoms with Gasteiger partial charge in [0.05, 0.1) is 17.8 Å². The third-order valence-corrected chi connectivity index (χ3v) is 2.70. The van der Waals surface area contributed by atoms with Gasteiger partial charge >= 0.3 is 5.97 Å². The lowest BCUT2D eigenvalue weighted by atomic mass is 10.2. The van der Waals surface area contributed by atoms with Crippen LogP contribution in [-0.4, -0.2) is 27.5 Å². The van der Waals surface area contributed by atoms with Gasteiger partial charge in [-0.25, -0.2) is 4.68 Å². The Balaban J connectivity index is 2.20. The van der Waals surface area contributed by atoms with E-state index in [-0.39, 0.29) is 12.6 Å². The summed E-state index contributed by atoms with van der Waals surface area (Å²) in [5.41, 5.74) is 1.56. The number of carbonyl (C=O) groups is 1. The summed E-state index contributed by atoms with van der Waals surface area (Å²) in [6.45, 7) is 2.60. The van der Waals surface area contributed by atoms with Gasteiger partial charge in [0, 0.05) is 6.61 Å². The van der Waals surface area contributed by atoms with Gasteiger partial charge < -0.3 is 9.84 Å². The zero-order valence-electron chi connectivity index (χ0n) is 9.35. The van der Waals surface area contributed by atoms with E-state index in [1.165, 1.54) is 0 Å². The normalized spacial score (nSPS) is 20.9. The zero-order chi connectivity index (χ0) is 11.5. The lowest BCUT2D eigenvalue weighted by Gasteiger charge is -2.24. The van der Waals surface area contributed by atoms with Gasteiger partial charge in [-0.15, -0.1) is 0 Å². The molecule has 0 saturated carbocycles. The van der Waals surface area contributed by atoms with E-state index < -0.39 is 5.97 Å². The van der Waals surface area contributed by atoms with E-state index >= 15 is 0 Å². The molecule has 1 aromatic rings. The summed E-state index contributed by atoms with van der Waals surface area (Å²) in [4.78, 5) is 10.7. The molecule has 1 saturated heterocycles. The first-order chi connectivity index (χ1) is 7.66. The maximum atomic E-state index is 10.7. The highest BCUT2D eigenvalue weighted by atomic mass is 16.5. The molecule has 88 valence electrons. The highest BCUT2D eigenvalue weighted by molar-refractivity contribution is 5.69. The van der Waals surface area contributed by atoms with Crippen molar-refractivity contribution in [1.82, 2.24) is 9.78 Å². The van der Waals surface area contributed by atoms with E-state index in [9.17, 15) is 4.79 Å². The molecule has 0 amide bonds. The van der Waals surface area contributed by atoms with Crippen molar-refractivity contribution in [2.45, 2.75) is 38.8 Å². The molecule has 0 spiro atoms. The second-order valence-corrected chi connectivity index (χ2v) is 4.11. The van der Waals surface area contributed by atoms with Gasteiger partial charge in [-0.3, -0.25) is 4.79 Å².